The number of amides is 3. The summed E-state index contributed by atoms with van der Waals surface area (Å²) in [5.74, 6) is -0.0748. The second-order valence-corrected chi connectivity index (χ2v) is 5.14. The third kappa shape index (κ3) is 3.25. The molecule has 1 aliphatic rings. The van der Waals surface area contributed by atoms with Crippen molar-refractivity contribution in [1.29, 1.82) is 0 Å². The van der Waals surface area contributed by atoms with E-state index >= 15 is 0 Å². The van der Waals surface area contributed by atoms with Gasteiger partial charge in [0.2, 0.25) is 5.91 Å². The van der Waals surface area contributed by atoms with Crippen LogP contribution < -0.4 is 15.5 Å². The van der Waals surface area contributed by atoms with Crippen molar-refractivity contribution in [3.05, 3.63) is 60.2 Å². The van der Waals surface area contributed by atoms with Gasteiger partial charge in [0.05, 0.1) is 6.42 Å². The molecule has 5 nitrogen and oxygen atoms in total. The molecule has 0 aromatic heterocycles. The van der Waals surface area contributed by atoms with E-state index in [1.165, 1.54) is 0 Å². The molecule has 2 aromatic carbocycles. The minimum atomic E-state index is -0.104. The van der Waals surface area contributed by atoms with Crippen LogP contribution in [0.3, 0.4) is 0 Å². The molecule has 1 heterocycles. The fourth-order valence-electron chi connectivity index (χ4n) is 2.46. The van der Waals surface area contributed by atoms with Crippen LogP contribution in [-0.2, 0) is 11.2 Å². The lowest BCUT2D eigenvalue weighted by atomic mass is 10.1. The number of urea groups is 1. The molecule has 2 aromatic rings. The van der Waals surface area contributed by atoms with Crippen LogP contribution in [0.25, 0.3) is 0 Å². The number of hydrogen-bond donors (Lipinski definition) is 2. The van der Waals surface area contributed by atoms with Crippen LogP contribution >= 0.6 is 0 Å². The molecule has 1 fully saturated rings. The Kier molecular flexibility index (Phi) is 4.05. The number of hydrogen-bond acceptors (Lipinski definition) is 2. The summed E-state index contributed by atoms with van der Waals surface area (Å²) in [6.07, 6.45) is 0.329. The van der Waals surface area contributed by atoms with Crippen molar-refractivity contribution in [2.24, 2.45) is 0 Å². The molecule has 1 aliphatic heterocycles. The maximum Gasteiger partial charge on any atom is 0.321 e. The molecular weight excluding hydrogens is 278 g/mol. The summed E-state index contributed by atoms with van der Waals surface area (Å²) < 4.78 is 0. The Labute approximate surface area is 128 Å². The third-order valence-corrected chi connectivity index (χ3v) is 3.51. The number of benzene rings is 2. The zero-order chi connectivity index (χ0) is 15.4. The van der Waals surface area contributed by atoms with Gasteiger partial charge >= 0.3 is 6.03 Å². The van der Waals surface area contributed by atoms with Crippen molar-refractivity contribution in [2.75, 3.05) is 23.3 Å². The van der Waals surface area contributed by atoms with Gasteiger partial charge in [-0.1, -0.05) is 36.4 Å². The normalized spacial score (nSPS) is 13.8. The van der Waals surface area contributed by atoms with Crippen molar-refractivity contribution >= 4 is 23.3 Å². The Bertz CT molecular complexity index is 685. The predicted octanol–water partition coefficient (Wildman–Crippen LogP) is 2.40. The second kappa shape index (κ2) is 6.30. The van der Waals surface area contributed by atoms with Crippen LogP contribution in [0.4, 0.5) is 16.2 Å². The van der Waals surface area contributed by atoms with Gasteiger partial charge in [0.1, 0.15) is 0 Å². The highest BCUT2D eigenvalue weighted by molar-refractivity contribution is 5.96. The topological polar surface area (TPSA) is 61.4 Å². The van der Waals surface area contributed by atoms with Crippen molar-refractivity contribution in [3.63, 3.8) is 0 Å². The lowest BCUT2D eigenvalue weighted by molar-refractivity contribution is -0.115. The third-order valence-electron chi connectivity index (χ3n) is 3.51. The minimum absolute atomic E-state index is 0.0748. The average Bonchev–Trinajstić information content (AvgIpc) is 2.94. The fraction of sp³-hybridized carbons (Fsp3) is 0.176. The number of nitrogens with zero attached hydrogens (tertiary/aromatic N) is 1. The number of carbonyl (C=O) groups excluding carboxylic acids is 2. The van der Waals surface area contributed by atoms with Crippen LogP contribution in [0.1, 0.15) is 5.56 Å². The summed E-state index contributed by atoms with van der Waals surface area (Å²) in [5.41, 5.74) is 2.45. The maximum absolute atomic E-state index is 12.1. The number of rotatable bonds is 4. The summed E-state index contributed by atoms with van der Waals surface area (Å²) in [4.78, 5) is 25.4. The van der Waals surface area contributed by atoms with Crippen molar-refractivity contribution in [1.82, 2.24) is 5.32 Å². The Balaban J connectivity index is 1.67. The highest BCUT2D eigenvalue weighted by Gasteiger charge is 2.21. The zero-order valence-corrected chi connectivity index (χ0v) is 12.1. The quantitative estimate of drug-likeness (QED) is 0.910. The summed E-state index contributed by atoms with van der Waals surface area (Å²) in [6, 6.07) is 16.8. The van der Waals surface area contributed by atoms with Crippen LogP contribution in [0.15, 0.2) is 54.6 Å². The van der Waals surface area contributed by atoms with Crippen LogP contribution in [0.5, 0.6) is 0 Å². The smallest absolute Gasteiger partial charge is 0.321 e. The van der Waals surface area contributed by atoms with Gasteiger partial charge in [-0.05, 0) is 23.8 Å². The van der Waals surface area contributed by atoms with Gasteiger partial charge in [0.15, 0.2) is 0 Å². The van der Waals surface area contributed by atoms with Gasteiger partial charge in [0, 0.05) is 24.5 Å². The van der Waals surface area contributed by atoms with E-state index in [9.17, 15) is 9.59 Å². The van der Waals surface area contributed by atoms with Gasteiger partial charge in [-0.3, -0.25) is 9.69 Å². The van der Waals surface area contributed by atoms with E-state index in [0.717, 1.165) is 11.3 Å². The molecule has 22 heavy (non-hydrogen) atoms. The van der Waals surface area contributed by atoms with Gasteiger partial charge in [-0.2, -0.15) is 0 Å². The Morgan fingerprint density at radius 1 is 1.14 bits per heavy atom. The SMILES string of the molecule is O=C(Cc1ccccc1)Nc1cccc(N2CCNC2=O)c1. The predicted molar refractivity (Wildman–Crippen MR) is 86.0 cm³/mol. The van der Waals surface area contributed by atoms with Gasteiger partial charge in [-0.15, -0.1) is 0 Å². The molecule has 3 amide bonds. The van der Waals surface area contributed by atoms with Crippen molar-refractivity contribution in [2.45, 2.75) is 6.42 Å². The molecule has 1 saturated heterocycles. The van der Waals surface area contributed by atoms with E-state index in [1.54, 1.807) is 4.90 Å². The first-order valence-corrected chi connectivity index (χ1v) is 7.21. The molecule has 0 unspecified atom stereocenters. The molecule has 0 bridgehead atoms. The lowest BCUT2D eigenvalue weighted by Crippen LogP contribution is -2.27. The van der Waals surface area contributed by atoms with E-state index in [-0.39, 0.29) is 11.9 Å². The fourth-order valence-corrected chi connectivity index (χ4v) is 2.46. The Morgan fingerprint density at radius 2 is 1.95 bits per heavy atom. The standard InChI is InChI=1S/C17H17N3O2/c21-16(11-13-5-2-1-3-6-13)19-14-7-4-8-15(12-14)20-10-9-18-17(20)22/h1-8,12H,9-11H2,(H,18,22)(H,19,21). The first kappa shape index (κ1) is 14.1. The van der Waals surface area contributed by atoms with Gasteiger partial charge < -0.3 is 10.6 Å². The number of carbonyl (C=O) groups is 2. The number of nitrogens with one attached hydrogen (secondary N) is 2. The van der Waals surface area contributed by atoms with E-state index in [4.69, 9.17) is 0 Å². The molecule has 2 N–H and O–H groups in total. The zero-order valence-electron chi connectivity index (χ0n) is 12.1. The molecule has 3 rings (SSSR count). The lowest BCUT2D eigenvalue weighted by Gasteiger charge is -2.15. The van der Waals surface area contributed by atoms with E-state index in [0.29, 0.717) is 25.2 Å². The number of anilines is 2. The molecule has 0 radical (unpaired) electrons. The molecule has 0 saturated carbocycles. The average molecular weight is 295 g/mol. The molecule has 0 atom stereocenters. The largest absolute Gasteiger partial charge is 0.336 e. The highest BCUT2D eigenvalue weighted by Crippen LogP contribution is 2.21. The summed E-state index contributed by atoms with van der Waals surface area (Å²) in [5, 5.41) is 5.63. The van der Waals surface area contributed by atoms with Gasteiger partial charge in [-0.25, -0.2) is 4.79 Å². The summed E-state index contributed by atoms with van der Waals surface area (Å²) >= 11 is 0. The monoisotopic (exact) mass is 295 g/mol. The van der Waals surface area contributed by atoms with Crippen molar-refractivity contribution < 1.29 is 9.59 Å². The van der Waals surface area contributed by atoms with Crippen LogP contribution in [-0.4, -0.2) is 25.0 Å². The Morgan fingerprint density at radius 3 is 2.68 bits per heavy atom. The molecule has 112 valence electrons. The molecule has 0 spiro atoms. The van der Waals surface area contributed by atoms with Crippen molar-refractivity contribution in [3.8, 4) is 0 Å². The molecular formula is C17H17N3O2. The van der Waals surface area contributed by atoms with Crippen LogP contribution in [0, 0.1) is 0 Å². The van der Waals surface area contributed by atoms with E-state index < -0.39 is 0 Å². The van der Waals surface area contributed by atoms with E-state index in [1.807, 2.05) is 54.6 Å². The highest BCUT2D eigenvalue weighted by atomic mass is 16.2. The van der Waals surface area contributed by atoms with Gasteiger partial charge in [0.25, 0.3) is 0 Å². The Hall–Kier alpha value is -2.82. The first-order valence-electron chi connectivity index (χ1n) is 7.21. The van der Waals surface area contributed by atoms with E-state index in [2.05, 4.69) is 10.6 Å². The summed E-state index contributed by atoms with van der Waals surface area (Å²) in [7, 11) is 0. The summed E-state index contributed by atoms with van der Waals surface area (Å²) in [6.45, 7) is 1.28. The van der Waals surface area contributed by atoms with Crippen LogP contribution in [0.2, 0.25) is 0 Å². The molecule has 5 heteroatoms. The maximum atomic E-state index is 12.1. The second-order valence-electron chi connectivity index (χ2n) is 5.14. The molecule has 0 aliphatic carbocycles. The minimum Gasteiger partial charge on any atom is -0.336 e. The first-order chi connectivity index (χ1) is 10.7.